The average Bonchev–Trinajstić information content (AvgIpc) is 2.48. The number of rotatable bonds is 5. The van der Waals surface area contributed by atoms with E-state index in [1.54, 1.807) is 55.7 Å². The lowest BCUT2D eigenvalue weighted by Gasteiger charge is -2.14. The third-order valence-corrected chi connectivity index (χ3v) is 4.43. The van der Waals surface area contributed by atoms with Gasteiger partial charge < -0.3 is 0 Å². The van der Waals surface area contributed by atoms with Crippen LogP contribution in [0.15, 0.2) is 48.8 Å². The summed E-state index contributed by atoms with van der Waals surface area (Å²) in [6.45, 7) is 1.78. The second-order valence-electron chi connectivity index (χ2n) is 4.69. The highest BCUT2D eigenvalue weighted by atomic mass is 32.2. The van der Waals surface area contributed by atoms with Gasteiger partial charge >= 0.3 is 0 Å². The van der Waals surface area contributed by atoms with Crippen molar-refractivity contribution in [1.29, 1.82) is 5.26 Å². The molecule has 0 saturated heterocycles. The zero-order valence-corrected chi connectivity index (χ0v) is 12.3. The molecule has 0 aliphatic carbocycles. The van der Waals surface area contributed by atoms with Crippen LogP contribution in [-0.4, -0.2) is 13.4 Å². The van der Waals surface area contributed by atoms with E-state index in [1.807, 2.05) is 6.07 Å². The Balaban J connectivity index is 2.06. The standard InChI is InChI=1S/C15H15N3O2S/c1-12(15-6-8-17-9-7-15)18-21(19,20)11-14-4-2-13(10-16)3-5-14/h2-9,12,18H,11H2,1H3/t12-/m0/s1. The minimum absolute atomic E-state index is 0.117. The van der Waals surface area contributed by atoms with Gasteiger partial charge in [-0.25, -0.2) is 13.1 Å². The Hall–Kier alpha value is -2.23. The van der Waals surface area contributed by atoms with E-state index in [2.05, 4.69) is 9.71 Å². The molecular weight excluding hydrogens is 286 g/mol. The number of aromatic nitrogens is 1. The molecular formula is C15H15N3O2S. The second-order valence-corrected chi connectivity index (χ2v) is 6.44. The van der Waals surface area contributed by atoms with Crippen LogP contribution in [0.3, 0.4) is 0 Å². The van der Waals surface area contributed by atoms with Crippen LogP contribution in [0.2, 0.25) is 0 Å². The molecule has 0 bridgehead atoms. The van der Waals surface area contributed by atoms with E-state index >= 15 is 0 Å². The van der Waals surface area contributed by atoms with E-state index in [1.165, 1.54) is 0 Å². The van der Waals surface area contributed by atoms with Crippen molar-refractivity contribution >= 4 is 10.0 Å². The van der Waals surface area contributed by atoms with Crippen molar-refractivity contribution in [3.05, 3.63) is 65.5 Å². The van der Waals surface area contributed by atoms with E-state index in [4.69, 9.17) is 5.26 Å². The topological polar surface area (TPSA) is 82.9 Å². The zero-order valence-electron chi connectivity index (χ0n) is 11.5. The van der Waals surface area contributed by atoms with E-state index < -0.39 is 10.0 Å². The smallest absolute Gasteiger partial charge is 0.216 e. The van der Waals surface area contributed by atoms with Gasteiger partial charge in [0.15, 0.2) is 0 Å². The molecule has 0 fully saturated rings. The Morgan fingerprint density at radius 2 is 1.81 bits per heavy atom. The molecule has 0 aliphatic heterocycles. The van der Waals surface area contributed by atoms with Crippen LogP contribution in [0.5, 0.6) is 0 Å². The largest absolute Gasteiger partial charge is 0.265 e. The number of hydrogen-bond donors (Lipinski definition) is 1. The summed E-state index contributed by atoms with van der Waals surface area (Å²) >= 11 is 0. The fraction of sp³-hybridized carbons (Fsp3) is 0.200. The fourth-order valence-electron chi connectivity index (χ4n) is 1.93. The Morgan fingerprint density at radius 3 is 2.38 bits per heavy atom. The first-order valence-corrected chi connectivity index (χ1v) is 8.04. The molecule has 0 saturated carbocycles. The first kappa shape index (κ1) is 15.2. The number of nitrogens with zero attached hydrogens (tertiary/aromatic N) is 2. The number of sulfonamides is 1. The Kier molecular flexibility index (Phi) is 4.68. The van der Waals surface area contributed by atoms with Crippen LogP contribution in [0.4, 0.5) is 0 Å². The minimum atomic E-state index is -3.45. The molecule has 1 aromatic carbocycles. The Morgan fingerprint density at radius 1 is 1.19 bits per heavy atom. The predicted octanol–water partition coefficient (Wildman–Crippen LogP) is 2.13. The maximum absolute atomic E-state index is 12.1. The highest BCUT2D eigenvalue weighted by Crippen LogP contribution is 2.14. The monoisotopic (exact) mass is 301 g/mol. The summed E-state index contributed by atoms with van der Waals surface area (Å²) in [7, 11) is -3.45. The maximum Gasteiger partial charge on any atom is 0.216 e. The first-order chi connectivity index (χ1) is 10.00. The SMILES string of the molecule is C[C@H](NS(=O)(=O)Cc1ccc(C#N)cc1)c1ccncc1. The Labute approximate surface area is 124 Å². The van der Waals surface area contributed by atoms with Crippen molar-refractivity contribution in [2.75, 3.05) is 0 Å². The molecule has 5 nitrogen and oxygen atoms in total. The second kappa shape index (κ2) is 6.48. The zero-order chi connectivity index (χ0) is 15.3. The molecule has 1 N–H and O–H groups in total. The van der Waals surface area contributed by atoms with Gasteiger partial charge in [-0.1, -0.05) is 12.1 Å². The highest BCUT2D eigenvalue weighted by molar-refractivity contribution is 7.88. The van der Waals surface area contributed by atoms with Crippen molar-refractivity contribution in [2.24, 2.45) is 0 Å². The first-order valence-electron chi connectivity index (χ1n) is 6.39. The van der Waals surface area contributed by atoms with E-state index in [-0.39, 0.29) is 11.8 Å². The summed E-state index contributed by atoms with van der Waals surface area (Å²) in [6.07, 6.45) is 3.25. The van der Waals surface area contributed by atoms with Gasteiger partial charge in [-0.2, -0.15) is 5.26 Å². The number of hydrogen-bond acceptors (Lipinski definition) is 4. The Bertz CT molecular complexity index is 735. The summed E-state index contributed by atoms with van der Waals surface area (Å²) in [5.41, 5.74) is 2.01. The molecule has 0 unspecified atom stereocenters. The van der Waals surface area contributed by atoms with Gasteiger partial charge in [0.1, 0.15) is 0 Å². The summed E-state index contributed by atoms with van der Waals surface area (Å²) in [4.78, 5) is 3.90. The van der Waals surface area contributed by atoms with Crippen molar-refractivity contribution in [2.45, 2.75) is 18.7 Å². The van der Waals surface area contributed by atoms with Crippen LogP contribution in [0, 0.1) is 11.3 Å². The van der Waals surface area contributed by atoms with Gasteiger partial charge in [0, 0.05) is 18.4 Å². The normalized spacial score (nSPS) is 12.6. The van der Waals surface area contributed by atoms with Crippen LogP contribution in [-0.2, 0) is 15.8 Å². The van der Waals surface area contributed by atoms with Gasteiger partial charge in [-0.3, -0.25) is 4.98 Å². The molecule has 0 amide bonds. The highest BCUT2D eigenvalue weighted by Gasteiger charge is 2.16. The molecule has 6 heteroatoms. The minimum Gasteiger partial charge on any atom is -0.265 e. The van der Waals surface area contributed by atoms with Gasteiger partial charge in [0.25, 0.3) is 0 Å². The molecule has 1 atom stereocenters. The number of pyridine rings is 1. The van der Waals surface area contributed by atoms with Crippen molar-refractivity contribution < 1.29 is 8.42 Å². The molecule has 108 valence electrons. The molecule has 0 radical (unpaired) electrons. The lowest BCUT2D eigenvalue weighted by atomic mass is 10.1. The van der Waals surface area contributed by atoms with E-state index in [9.17, 15) is 8.42 Å². The van der Waals surface area contributed by atoms with Crippen LogP contribution in [0.25, 0.3) is 0 Å². The molecule has 1 aromatic heterocycles. The molecule has 21 heavy (non-hydrogen) atoms. The van der Waals surface area contributed by atoms with E-state index in [0.29, 0.717) is 11.1 Å². The predicted molar refractivity (Wildman–Crippen MR) is 79.6 cm³/mol. The number of nitrogens with one attached hydrogen (secondary N) is 1. The maximum atomic E-state index is 12.1. The van der Waals surface area contributed by atoms with Crippen LogP contribution >= 0.6 is 0 Å². The summed E-state index contributed by atoms with van der Waals surface area (Å²) in [6, 6.07) is 11.7. The van der Waals surface area contributed by atoms with Gasteiger partial charge in [0.2, 0.25) is 10.0 Å². The quantitative estimate of drug-likeness (QED) is 0.917. The van der Waals surface area contributed by atoms with Gasteiger partial charge in [0.05, 0.1) is 17.4 Å². The van der Waals surface area contributed by atoms with Crippen molar-refractivity contribution in [1.82, 2.24) is 9.71 Å². The van der Waals surface area contributed by atoms with Crippen LogP contribution < -0.4 is 4.72 Å². The van der Waals surface area contributed by atoms with Gasteiger partial charge in [-0.15, -0.1) is 0 Å². The molecule has 0 aliphatic rings. The van der Waals surface area contributed by atoms with Gasteiger partial charge in [-0.05, 0) is 42.3 Å². The van der Waals surface area contributed by atoms with Crippen molar-refractivity contribution in [3.8, 4) is 6.07 Å². The molecule has 1 heterocycles. The number of benzene rings is 1. The number of nitriles is 1. The lowest BCUT2D eigenvalue weighted by Crippen LogP contribution is -2.28. The third-order valence-electron chi connectivity index (χ3n) is 3.00. The summed E-state index contributed by atoms with van der Waals surface area (Å²) in [5, 5.41) is 8.72. The van der Waals surface area contributed by atoms with Crippen LogP contribution in [0.1, 0.15) is 29.7 Å². The van der Waals surface area contributed by atoms with E-state index in [0.717, 1.165) is 5.56 Å². The summed E-state index contributed by atoms with van der Waals surface area (Å²) in [5.74, 6) is -0.117. The lowest BCUT2D eigenvalue weighted by molar-refractivity contribution is 0.566. The molecule has 2 aromatic rings. The molecule has 0 spiro atoms. The fourth-order valence-corrected chi connectivity index (χ4v) is 3.32. The molecule has 2 rings (SSSR count). The van der Waals surface area contributed by atoms with Crippen molar-refractivity contribution in [3.63, 3.8) is 0 Å². The third kappa shape index (κ3) is 4.38. The summed E-state index contributed by atoms with van der Waals surface area (Å²) < 4.78 is 26.9. The average molecular weight is 301 g/mol.